The third-order valence-electron chi connectivity index (χ3n) is 0.690. The highest BCUT2D eigenvalue weighted by molar-refractivity contribution is 5.65. The van der Waals surface area contributed by atoms with Gasteiger partial charge in [0.2, 0.25) is 0 Å². The third kappa shape index (κ3) is 83.5. The van der Waals surface area contributed by atoms with Crippen molar-refractivity contribution in [3.05, 3.63) is 20.2 Å². The summed E-state index contributed by atoms with van der Waals surface area (Å²) in [6.45, 7) is 0.725. The Morgan fingerprint density at radius 3 is 1.76 bits per heavy atom. The van der Waals surface area contributed by atoms with Gasteiger partial charge in [0, 0.05) is 6.92 Å². The number of carbonyl (C=O) groups excluding carboxylic acids is 1. The summed E-state index contributed by atoms with van der Waals surface area (Å²) in [6, 6.07) is 0. The third-order valence-corrected chi connectivity index (χ3v) is 0.690. The van der Waals surface area contributed by atoms with Crippen molar-refractivity contribution in [1.29, 1.82) is 0 Å². The van der Waals surface area contributed by atoms with Gasteiger partial charge in [-0.3, -0.25) is 4.79 Å². The lowest BCUT2D eigenvalue weighted by molar-refractivity contribution is -0.742. The highest BCUT2D eigenvalue weighted by atomic mass is 16.9. The quantitative estimate of drug-likeness (QED) is 0.255. The van der Waals surface area contributed by atoms with Crippen molar-refractivity contribution in [3.8, 4) is 0 Å². The minimum atomic E-state index is -1.50. The fourth-order valence-electron chi connectivity index (χ4n) is 0.266. The normalized spacial score (nSPS) is 9.59. The molecule has 12 nitrogen and oxygen atoms in total. The van der Waals surface area contributed by atoms with Crippen LogP contribution in [0.1, 0.15) is 6.92 Å². The van der Waals surface area contributed by atoms with Crippen LogP contribution in [0.15, 0.2) is 0 Å². The van der Waals surface area contributed by atoms with Crippen molar-refractivity contribution in [2.24, 2.45) is 0 Å². The van der Waals surface area contributed by atoms with Crippen molar-refractivity contribution in [2.45, 2.75) is 13.0 Å². The van der Waals surface area contributed by atoms with Crippen LogP contribution in [0.25, 0.3) is 0 Å². The molecule has 1 atom stereocenters. The number of esters is 1. The van der Waals surface area contributed by atoms with Crippen molar-refractivity contribution >= 4 is 5.97 Å². The Hall–Kier alpha value is -2.21. The summed E-state index contributed by atoms with van der Waals surface area (Å²) < 4.78 is 4.35. The van der Waals surface area contributed by atoms with E-state index in [0.717, 1.165) is 0 Å². The molecule has 0 saturated heterocycles. The van der Waals surface area contributed by atoms with Gasteiger partial charge in [-0.1, -0.05) is 0 Å². The number of hydrogen-bond donors (Lipinski definition) is 4. The fraction of sp³-hybridized carbons (Fsp3) is 0.800. The number of aliphatic hydroxyl groups is 2. The first kappa shape index (κ1) is 20.2. The molecular formula is C5H12N2O10. The van der Waals surface area contributed by atoms with Gasteiger partial charge in [0.15, 0.2) is 0 Å². The van der Waals surface area contributed by atoms with Crippen LogP contribution < -0.4 is 0 Å². The molecule has 0 bridgehead atoms. The van der Waals surface area contributed by atoms with Gasteiger partial charge in [0.1, 0.15) is 12.7 Å². The molecule has 0 aliphatic heterocycles. The van der Waals surface area contributed by atoms with Gasteiger partial charge in [-0.05, 0) is 0 Å². The largest absolute Gasteiger partial charge is 0.463 e. The maximum atomic E-state index is 10.0. The van der Waals surface area contributed by atoms with Crippen molar-refractivity contribution in [1.82, 2.24) is 0 Å². The Morgan fingerprint density at radius 1 is 1.29 bits per heavy atom. The number of nitrogens with zero attached hydrogens (tertiary/aromatic N) is 2. The number of aliphatic hydroxyl groups excluding tert-OH is 2. The fourth-order valence-corrected chi connectivity index (χ4v) is 0.266. The zero-order valence-corrected chi connectivity index (χ0v) is 8.62. The Bertz CT molecular complexity index is 211. The minimum absolute atomic E-state index is 0.133. The molecule has 0 spiro atoms. The first-order valence-electron chi connectivity index (χ1n) is 3.72. The van der Waals surface area contributed by atoms with E-state index >= 15 is 0 Å². The second-order valence-corrected chi connectivity index (χ2v) is 2.11. The molecule has 0 aromatic rings. The van der Waals surface area contributed by atoms with Gasteiger partial charge in [0.25, 0.3) is 10.2 Å². The van der Waals surface area contributed by atoms with E-state index in [1.807, 2.05) is 0 Å². The molecule has 0 radical (unpaired) electrons. The Morgan fingerprint density at radius 2 is 1.59 bits per heavy atom. The van der Waals surface area contributed by atoms with Crippen molar-refractivity contribution < 1.29 is 40.3 Å². The molecule has 0 rings (SSSR count). The summed E-state index contributed by atoms with van der Waals surface area (Å²) in [5.41, 5.74) is 0. The number of hydrogen-bond acceptors (Lipinski definition) is 8. The van der Waals surface area contributed by atoms with E-state index in [2.05, 4.69) is 4.74 Å². The van der Waals surface area contributed by atoms with Gasteiger partial charge in [-0.2, -0.15) is 0 Å². The SMILES string of the molecule is CC(=O)OCC(O)CO.O=[N+]([O-])O.O=[N+]([O-])O. The first-order chi connectivity index (χ1) is 7.63. The number of carbonyl (C=O) groups is 1. The topological polar surface area (TPSA) is 194 Å². The zero-order valence-electron chi connectivity index (χ0n) is 8.62. The van der Waals surface area contributed by atoms with E-state index in [0.29, 0.717) is 0 Å². The summed E-state index contributed by atoms with van der Waals surface area (Å²) in [5.74, 6) is -0.456. The maximum Gasteiger partial charge on any atom is 0.302 e. The standard InChI is InChI=1S/C5H10O4.2HNO3/c1-4(7)9-3-5(8)2-6;2*2-1(3)4/h5-6,8H,2-3H2,1H3;2*(H,2,3,4). The minimum Gasteiger partial charge on any atom is -0.463 e. The summed E-state index contributed by atoms with van der Waals surface area (Å²) in [7, 11) is 0. The Kier molecular flexibility index (Phi) is 16.4. The van der Waals surface area contributed by atoms with E-state index in [1.54, 1.807) is 0 Å². The van der Waals surface area contributed by atoms with Crippen LogP contribution in [-0.4, -0.2) is 56.1 Å². The van der Waals surface area contributed by atoms with Gasteiger partial charge in [-0.15, -0.1) is 20.2 Å². The monoisotopic (exact) mass is 260 g/mol. The molecule has 1 unspecified atom stereocenters. The second kappa shape index (κ2) is 13.8. The van der Waals surface area contributed by atoms with E-state index in [4.69, 9.17) is 40.9 Å². The Balaban J connectivity index is -0.000000205. The van der Waals surface area contributed by atoms with Gasteiger partial charge in [-0.25, -0.2) is 0 Å². The molecule has 12 heteroatoms. The molecule has 0 fully saturated rings. The average molecular weight is 260 g/mol. The highest BCUT2D eigenvalue weighted by Gasteiger charge is 2.02. The van der Waals surface area contributed by atoms with Crippen LogP contribution in [-0.2, 0) is 9.53 Å². The lowest BCUT2D eigenvalue weighted by Crippen LogP contribution is -2.20. The predicted octanol–water partition coefficient (Wildman–Crippen LogP) is -1.79. The van der Waals surface area contributed by atoms with Gasteiger partial charge >= 0.3 is 5.97 Å². The number of ether oxygens (including phenoxy) is 1. The summed E-state index contributed by atoms with van der Waals surface area (Å²) in [6.07, 6.45) is -0.950. The lowest BCUT2D eigenvalue weighted by atomic mass is 10.4. The molecule has 0 amide bonds. The summed E-state index contributed by atoms with van der Waals surface area (Å²) in [5, 5.41) is 44.1. The van der Waals surface area contributed by atoms with Crippen LogP contribution in [0.5, 0.6) is 0 Å². The molecule has 0 aromatic carbocycles. The zero-order chi connectivity index (χ0) is 14.4. The Labute approximate surface area is 93.9 Å². The molecule has 0 saturated carbocycles. The van der Waals surface area contributed by atoms with E-state index < -0.39 is 22.2 Å². The van der Waals surface area contributed by atoms with Crippen LogP contribution >= 0.6 is 0 Å². The van der Waals surface area contributed by atoms with Crippen LogP contribution in [0, 0.1) is 20.2 Å². The molecule has 0 aliphatic carbocycles. The smallest absolute Gasteiger partial charge is 0.302 e. The van der Waals surface area contributed by atoms with E-state index in [-0.39, 0.29) is 13.2 Å². The number of rotatable bonds is 3. The predicted molar refractivity (Wildman–Crippen MR) is 47.3 cm³/mol. The van der Waals surface area contributed by atoms with Crippen LogP contribution in [0.3, 0.4) is 0 Å². The highest BCUT2D eigenvalue weighted by Crippen LogP contribution is 1.82. The molecular weight excluding hydrogens is 248 g/mol. The first-order valence-corrected chi connectivity index (χ1v) is 3.72. The molecule has 0 heterocycles. The molecule has 102 valence electrons. The van der Waals surface area contributed by atoms with Gasteiger partial charge in [0.05, 0.1) is 6.61 Å². The maximum absolute atomic E-state index is 10.0. The van der Waals surface area contributed by atoms with Crippen molar-refractivity contribution in [3.63, 3.8) is 0 Å². The summed E-state index contributed by atoms with van der Waals surface area (Å²) >= 11 is 0. The van der Waals surface area contributed by atoms with E-state index in [9.17, 15) is 4.79 Å². The van der Waals surface area contributed by atoms with Crippen molar-refractivity contribution in [2.75, 3.05) is 13.2 Å². The van der Waals surface area contributed by atoms with Crippen LogP contribution in [0.4, 0.5) is 0 Å². The molecule has 0 aliphatic rings. The molecule has 0 aromatic heterocycles. The lowest BCUT2D eigenvalue weighted by Gasteiger charge is -2.05. The average Bonchev–Trinajstić information content (AvgIpc) is 2.12. The second-order valence-electron chi connectivity index (χ2n) is 2.11. The molecule has 4 N–H and O–H groups in total. The summed E-state index contributed by atoms with van der Waals surface area (Å²) in [4.78, 5) is 26.8. The van der Waals surface area contributed by atoms with E-state index in [1.165, 1.54) is 6.92 Å². The van der Waals surface area contributed by atoms with Crippen LogP contribution in [0.2, 0.25) is 0 Å². The van der Waals surface area contributed by atoms with Gasteiger partial charge < -0.3 is 25.4 Å². The molecule has 17 heavy (non-hydrogen) atoms.